The second-order valence-electron chi connectivity index (χ2n) is 13.3. The molecule has 2 N–H and O–H groups in total. The number of carbonyl (C=O) groups is 1. The summed E-state index contributed by atoms with van der Waals surface area (Å²) >= 11 is 6.34. The van der Waals surface area contributed by atoms with Crippen molar-refractivity contribution in [1.29, 1.82) is 0 Å². The van der Waals surface area contributed by atoms with Gasteiger partial charge in [0.2, 0.25) is 10.0 Å². The first kappa shape index (κ1) is 32.7. The van der Waals surface area contributed by atoms with Gasteiger partial charge in [-0.15, -0.1) is 0 Å². The zero-order valence-electron chi connectivity index (χ0n) is 26.5. The number of nitrogens with one attached hydrogen (secondary N) is 1. The molecule has 1 saturated carbocycles. The molecule has 11 heteroatoms. The first-order chi connectivity index (χ1) is 22.0. The molecule has 0 unspecified atom stereocenters. The Balaban J connectivity index is 1.42. The number of hydrogen-bond acceptors (Lipinski definition) is 8. The third kappa shape index (κ3) is 6.75. The number of hydrogen-bond donors (Lipinski definition) is 2. The van der Waals surface area contributed by atoms with E-state index in [-0.39, 0.29) is 23.3 Å². The second-order valence-corrected chi connectivity index (χ2v) is 15.8. The minimum absolute atomic E-state index is 0.0697. The number of aryl methyl sites for hydroxylation is 1. The average Bonchev–Trinajstić information content (AvgIpc) is 3.05. The van der Waals surface area contributed by atoms with Crippen LogP contribution in [-0.4, -0.2) is 47.7 Å². The quantitative estimate of drug-likeness (QED) is 0.323. The van der Waals surface area contributed by atoms with Crippen molar-refractivity contribution in [2.75, 3.05) is 18.0 Å². The normalized spacial score (nSPS) is 28.7. The molecule has 246 valence electrons. The maximum atomic E-state index is 13.5. The SMILES string of the molecule is C[C@@H]1[C@@H](C)CCC[C@@](O)(c2ncccn2)[C@@H]2CC[C@H]2CN2CCCCc3cc(Cl)ccc3COc3ccc(cc32)C(=O)NS1(=O)=O. The number of amides is 1. The van der Waals surface area contributed by atoms with Gasteiger partial charge in [0.1, 0.15) is 18.0 Å². The number of aliphatic hydroxyl groups is 1. The van der Waals surface area contributed by atoms with Gasteiger partial charge in [-0.25, -0.2) is 23.1 Å². The third-order valence-electron chi connectivity index (χ3n) is 10.4. The number of ether oxygens (including phenoxy) is 1. The van der Waals surface area contributed by atoms with E-state index in [9.17, 15) is 18.3 Å². The molecule has 0 radical (unpaired) electrons. The van der Waals surface area contributed by atoms with Crippen molar-refractivity contribution in [2.45, 2.75) is 82.7 Å². The Bertz CT molecular complexity index is 1670. The summed E-state index contributed by atoms with van der Waals surface area (Å²) in [5.41, 5.74) is 1.96. The van der Waals surface area contributed by atoms with Gasteiger partial charge >= 0.3 is 0 Å². The maximum Gasteiger partial charge on any atom is 0.264 e. The lowest BCUT2D eigenvalue weighted by molar-refractivity contribution is -0.101. The van der Waals surface area contributed by atoms with Gasteiger partial charge < -0.3 is 14.7 Å². The maximum absolute atomic E-state index is 13.5. The summed E-state index contributed by atoms with van der Waals surface area (Å²) in [6, 6.07) is 12.8. The molecule has 2 aromatic carbocycles. The van der Waals surface area contributed by atoms with E-state index in [0.29, 0.717) is 55.6 Å². The van der Waals surface area contributed by atoms with E-state index in [4.69, 9.17) is 16.3 Å². The fraction of sp³-hybridized carbons (Fsp3) is 0.514. The number of rotatable bonds is 1. The van der Waals surface area contributed by atoms with Crippen molar-refractivity contribution in [3.63, 3.8) is 0 Å². The Kier molecular flexibility index (Phi) is 9.60. The molecule has 1 amide bonds. The number of nitrogens with zero attached hydrogens (tertiary/aromatic N) is 3. The summed E-state index contributed by atoms with van der Waals surface area (Å²) in [5.74, 6) is 0.226. The van der Waals surface area contributed by atoms with Crippen molar-refractivity contribution in [1.82, 2.24) is 14.7 Å². The number of benzene rings is 2. The van der Waals surface area contributed by atoms with Gasteiger partial charge in [-0.1, -0.05) is 24.6 Å². The lowest BCUT2D eigenvalue weighted by Gasteiger charge is -2.48. The van der Waals surface area contributed by atoms with Crippen LogP contribution in [0.3, 0.4) is 0 Å². The highest BCUT2D eigenvalue weighted by molar-refractivity contribution is 7.90. The molecule has 0 saturated heterocycles. The fourth-order valence-corrected chi connectivity index (χ4v) is 8.78. The van der Waals surface area contributed by atoms with Crippen molar-refractivity contribution in [3.8, 4) is 5.75 Å². The van der Waals surface area contributed by atoms with Gasteiger partial charge in [-0.05, 0) is 124 Å². The molecular weight excluding hydrogens is 624 g/mol. The molecule has 3 heterocycles. The summed E-state index contributed by atoms with van der Waals surface area (Å²) in [6.45, 7) is 5.19. The van der Waals surface area contributed by atoms with Gasteiger partial charge in [0, 0.05) is 36.1 Å². The van der Waals surface area contributed by atoms with Crippen LogP contribution < -0.4 is 14.4 Å². The van der Waals surface area contributed by atoms with Crippen LogP contribution in [0.5, 0.6) is 5.75 Å². The van der Waals surface area contributed by atoms with Crippen molar-refractivity contribution < 1.29 is 23.1 Å². The van der Waals surface area contributed by atoms with Crippen molar-refractivity contribution in [3.05, 3.63) is 82.4 Å². The highest BCUT2D eigenvalue weighted by atomic mass is 35.5. The van der Waals surface area contributed by atoms with E-state index < -0.39 is 26.8 Å². The molecule has 6 rings (SSSR count). The average molecular weight is 667 g/mol. The molecule has 1 aliphatic carbocycles. The van der Waals surface area contributed by atoms with Crippen LogP contribution in [0.1, 0.15) is 86.1 Å². The van der Waals surface area contributed by atoms with Gasteiger partial charge in [0.25, 0.3) is 5.91 Å². The molecule has 46 heavy (non-hydrogen) atoms. The van der Waals surface area contributed by atoms with Crippen LogP contribution in [0.4, 0.5) is 5.69 Å². The minimum atomic E-state index is -3.97. The summed E-state index contributed by atoms with van der Waals surface area (Å²) in [5, 5.41) is 12.3. The molecule has 2 aliphatic heterocycles. The van der Waals surface area contributed by atoms with Gasteiger partial charge in [-0.3, -0.25) is 4.79 Å². The molecule has 3 aromatic rings. The highest BCUT2D eigenvalue weighted by Crippen LogP contribution is 2.49. The van der Waals surface area contributed by atoms with E-state index in [1.54, 1.807) is 43.6 Å². The largest absolute Gasteiger partial charge is 0.487 e. The number of halogens is 1. The van der Waals surface area contributed by atoms with Gasteiger partial charge in [0.05, 0.1) is 10.9 Å². The lowest BCUT2D eigenvalue weighted by Crippen LogP contribution is -2.50. The molecule has 1 aromatic heterocycles. The topological polar surface area (TPSA) is 122 Å². The summed E-state index contributed by atoms with van der Waals surface area (Å²) in [4.78, 5) is 24.7. The third-order valence-corrected chi connectivity index (χ3v) is 12.6. The number of fused-ring (bicyclic) bond motifs is 3. The summed E-state index contributed by atoms with van der Waals surface area (Å²) < 4.78 is 35.5. The highest BCUT2D eigenvalue weighted by Gasteiger charge is 2.49. The zero-order chi connectivity index (χ0) is 32.5. The van der Waals surface area contributed by atoms with Crippen molar-refractivity contribution >= 4 is 33.2 Å². The Hall–Kier alpha value is -3.21. The Morgan fingerprint density at radius 3 is 2.59 bits per heavy atom. The number of carbonyl (C=O) groups excluding carboxylic acids is 1. The van der Waals surface area contributed by atoms with Crippen LogP contribution in [-0.2, 0) is 28.7 Å². The fourth-order valence-electron chi connectivity index (χ4n) is 7.28. The molecule has 1 fully saturated rings. The molecular formula is C35H43ClN4O5S. The van der Waals surface area contributed by atoms with Crippen LogP contribution in [0.25, 0.3) is 0 Å². The van der Waals surface area contributed by atoms with Crippen LogP contribution >= 0.6 is 11.6 Å². The second kappa shape index (κ2) is 13.5. The zero-order valence-corrected chi connectivity index (χ0v) is 28.1. The van der Waals surface area contributed by atoms with E-state index in [2.05, 4.69) is 19.6 Å². The molecule has 9 nitrogen and oxygen atoms in total. The molecule has 0 spiro atoms. The minimum Gasteiger partial charge on any atom is -0.487 e. The standard InChI is InChI=1S/C35H43ClN4O5S/c1-23-7-5-15-35(42,34-37-16-6-17-38-34)30-13-10-27(30)21-40-18-4-3-8-25-19-29(36)12-9-28(25)22-45-32-14-11-26(20-31(32)40)33(41)39-46(43,44)24(23)2/h6,9,11-12,14,16-17,19-20,23-24,27,30,42H,3-5,7-8,10,13,15,18,21-22H2,1-2H3,(H,39,41)/t23-,24+,27-,30+,35-/m0/s1. The Labute approximate surface area is 276 Å². The lowest BCUT2D eigenvalue weighted by atomic mass is 9.62. The van der Waals surface area contributed by atoms with Gasteiger partial charge in [-0.2, -0.15) is 0 Å². The molecule has 3 aliphatic rings. The Morgan fingerprint density at radius 2 is 1.83 bits per heavy atom. The monoisotopic (exact) mass is 666 g/mol. The number of aromatic nitrogens is 2. The first-order valence-corrected chi connectivity index (χ1v) is 18.3. The van der Waals surface area contributed by atoms with Crippen LogP contribution in [0.15, 0.2) is 54.9 Å². The summed E-state index contributed by atoms with van der Waals surface area (Å²) in [7, 11) is -3.97. The number of anilines is 1. The predicted octanol–water partition coefficient (Wildman–Crippen LogP) is 6.03. The number of sulfonamides is 1. The van der Waals surface area contributed by atoms with E-state index >= 15 is 0 Å². The van der Waals surface area contributed by atoms with Crippen molar-refractivity contribution in [2.24, 2.45) is 17.8 Å². The predicted molar refractivity (Wildman–Crippen MR) is 178 cm³/mol. The first-order valence-electron chi connectivity index (χ1n) is 16.4. The Morgan fingerprint density at radius 1 is 1.02 bits per heavy atom. The van der Waals surface area contributed by atoms with Gasteiger partial charge in [0.15, 0.2) is 5.82 Å². The van der Waals surface area contributed by atoms with Crippen LogP contribution in [0.2, 0.25) is 5.02 Å². The molecule has 2 bridgehead atoms. The van der Waals surface area contributed by atoms with E-state index in [1.165, 1.54) is 0 Å². The molecule has 5 atom stereocenters. The smallest absolute Gasteiger partial charge is 0.264 e. The summed E-state index contributed by atoms with van der Waals surface area (Å²) in [6.07, 6.45) is 9.39. The van der Waals surface area contributed by atoms with Crippen LogP contribution in [0, 0.1) is 17.8 Å². The van der Waals surface area contributed by atoms with E-state index in [0.717, 1.165) is 48.9 Å². The van der Waals surface area contributed by atoms with E-state index in [1.807, 2.05) is 25.1 Å².